The van der Waals surface area contributed by atoms with Crippen molar-refractivity contribution in [2.24, 2.45) is 17.3 Å². The van der Waals surface area contributed by atoms with Gasteiger partial charge in [0.05, 0.1) is 13.2 Å². The van der Waals surface area contributed by atoms with Crippen molar-refractivity contribution in [3.8, 4) is 0 Å². The second kappa shape index (κ2) is 6.86. The molecule has 0 spiro atoms. The summed E-state index contributed by atoms with van der Waals surface area (Å²) in [5, 5.41) is 0. The summed E-state index contributed by atoms with van der Waals surface area (Å²) < 4.78 is 10.0. The SMILES string of the molecule is CCOC(=O)C(C(=O)OCC)C1(C)CCCC(=O)C1C. The first-order chi connectivity index (χ1) is 9.38. The molecule has 0 aromatic rings. The second-order valence-corrected chi connectivity index (χ2v) is 5.48. The molecule has 0 amide bonds. The first-order valence-electron chi connectivity index (χ1n) is 7.24. The lowest BCUT2D eigenvalue weighted by Gasteiger charge is -2.42. The topological polar surface area (TPSA) is 69.7 Å². The minimum absolute atomic E-state index is 0.0948. The van der Waals surface area contributed by atoms with E-state index in [-0.39, 0.29) is 24.9 Å². The highest BCUT2D eigenvalue weighted by Crippen LogP contribution is 2.46. The average Bonchev–Trinajstić information content (AvgIpc) is 2.37. The van der Waals surface area contributed by atoms with Crippen molar-refractivity contribution in [1.29, 1.82) is 0 Å². The maximum atomic E-state index is 12.2. The summed E-state index contributed by atoms with van der Waals surface area (Å²) in [6.45, 7) is 7.39. The Hall–Kier alpha value is -1.39. The van der Waals surface area contributed by atoms with Crippen LogP contribution in [-0.4, -0.2) is 30.9 Å². The van der Waals surface area contributed by atoms with E-state index in [1.807, 2.05) is 6.92 Å². The fourth-order valence-electron chi connectivity index (χ4n) is 2.92. The van der Waals surface area contributed by atoms with E-state index in [0.717, 1.165) is 0 Å². The highest BCUT2D eigenvalue weighted by atomic mass is 16.6. The smallest absolute Gasteiger partial charge is 0.320 e. The molecule has 2 atom stereocenters. The number of hydrogen-bond donors (Lipinski definition) is 0. The van der Waals surface area contributed by atoms with Crippen LogP contribution in [0.25, 0.3) is 0 Å². The van der Waals surface area contributed by atoms with E-state index in [4.69, 9.17) is 9.47 Å². The van der Waals surface area contributed by atoms with Gasteiger partial charge in [0.15, 0.2) is 5.92 Å². The molecule has 5 nitrogen and oxygen atoms in total. The van der Waals surface area contributed by atoms with Crippen LogP contribution in [0.3, 0.4) is 0 Å². The molecule has 1 rings (SSSR count). The molecule has 1 saturated carbocycles. The molecule has 0 aromatic heterocycles. The van der Waals surface area contributed by atoms with Crippen molar-refractivity contribution in [2.75, 3.05) is 13.2 Å². The van der Waals surface area contributed by atoms with Gasteiger partial charge in [-0.15, -0.1) is 0 Å². The fraction of sp³-hybridized carbons (Fsp3) is 0.800. The van der Waals surface area contributed by atoms with Gasteiger partial charge >= 0.3 is 11.9 Å². The van der Waals surface area contributed by atoms with Crippen molar-refractivity contribution >= 4 is 17.7 Å². The molecular weight excluding hydrogens is 260 g/mol. The monoisotopic (exact) mass is 284 g/mol. The number of rotatable bonds is 5. The standard InChI is InChI=1S/C15H24O5/c1-5-19-13(17)12(14(18)20-6-2)15(4)9-7-8-11(16)10(15)3/h10,12H,5-9H2,1-4H3. The number of hydrogen-bond acceptors (Lipinski definition) is 5. The summed E-state index contributed by atoms with van der Waals surface area (Å²) in [7, 11) is 0. The van der Waals surface area contributed by atoms with Crippen molar-refractivity contribution in [3.63, 3.8) is 0 Å². The second-order valence-electron chi connectivity index (χ2n) is 5.48. The molecule has 1 aliphatic carbocycles. The van der Waals surface area contributed by atoms with Crippen LogP contribution in [-0.2, 0) is 23.9 Å². The number of Topliss-reactive ketones (excluding diaryl/α,β-unsaturated/α-hetero) is 1. The third-order valence-electron chi connectivity index (χ3n) is 4.31. The van der Waals surface area contributed by atoms with Gasteiger partial charge in [-0.05, 0) is 26.7 Å². The summed E-state index contributed by atoms with van der Waals surface area (Å²) in [5.41, 5.74) is -0.728. The van der Waals surface area contributed by atoms with Gasteiger partial charge in [-0.25, -0.2) is 0 Å². The molecule has 5 heteroatoms. The molecule has 114 valence electrons. The van der Waals surface area contributed by atoms with Crippen molar-refractivity contribution in [3.05, 3.63) is 0 Å². The molecule has 0 aliphatic heterocycles. The third kappa shape index (κ3) is 3.19. The molecule has 20 heavy (non-hydrogen) atoms. The van der Waals surface area contributed by atoms with Gasteiger partial charge in [-0.1, -0.05) is 13.8 Å². The number of ether oxygens (including phenoxy) is 2. The Kier molecular flexibility index (Phi) is 5.72. The molecule has 2 unspecified atom stereocenters. The maximum absolute atomic E-state index is 12.2. The molecular formula is C15H24O5. The Morgan fingerprint density at radius 1 is 1.25 bits per heavy atom. The van der Waals surface area contributed by atoms with Gasteiger partial charge in [-0.2, -0.15) is 0 Å². The zero-order chi connectivity index (χ0) is 15.3. The molecule has 0 aromatic carbocycles. The van der Waals surface area contributed by atoms with Crippen LogP contribution < -0.4 is 0 Å². The van der Waals surface area contributed by atoms with E-state index in [1.54, 1.807) is 20.8 Å². The van der Waals surface area contributed by atoms with Crippen LogP contribution in [0.2, 0.25) is 0 Å². The van der Waals surface area contributed by atoms with Crippen molar-refractivity contribution in [2.45, 2.75) is 47.0 Å². The van der Waals surface area contributed by atoms with Crippen LogP contribution in [0.4, 0.5) is 0 Å². The maximum Gasteiger partial charge on any atom is 0.320 e. The first-order valence-corrected chi connectivity index (χ1v) is 7.24. The van der Waals surface area contributed by atoms with E-state index in [0.29, 0.717) is 19.3 Å². The normalized spacial score (nSPS) is 26.4. The van der Waals surface area contributed by atoms with Gasteiger partial charge in [0.25, 0.3) is 0 Å². The number of ketones is 1. The van der Waals surface area contributed by atoms with E-state index in [1.165, 1.54) is 0 Å². The number of carbonyl (C=O) groups is 3. The van der Waals surface area contributed by atoms with Crippen LogP contribution in [0.1, 0.15) is 47.0 Å². The fourth-order valence-corrected chi connectivity index (χ4v) is 2.92. The molecule has 0 N–H and O–H groups in total. The predicted octanol–water partition coefficient (Wildman–Crippen LogP) is 2.12. The lowest BCUT2D eigenvalue weighted by molar-refractivity contribution is -0.172. The lowest BCUT2D eigenvalue weighted by Crippen LogP contribution is -2.49. The summed E-state index contributed by atoms with van der Waals surface area (Å²) in [5.74, 6) is -2.46. The highest BCUT2D eigenvalue weighted by molar-refractivity contribution is 5.97. The summed E-state index contributed by atoms with van der Waals surface area (Å²) >= 11 is 0. The Bertz CT molecular complexity index is 372. The zero-order valence-electron chi connectivity index (χ0n) is 12.7. The Morgan fingerprint density at radius 3 is 2.20 bits per heavy atom. The average molecular weight is 284 g/mol. The molecule has 0 bridgehead atoms. The molecule has 0 radical (unpaired) electrons. The molecule has 0 saturated heterocycles. The van der Waals surface area contributed by atoms with Gasteiger partial charge in [0, 0.05) is 17.8 Å². The van der Waals surface area contributed by atoms with Gasteiger partial charge in [0.1, 0.15) is 5.78 Å². The zero-order valence-corrected chi connectivity index (χ0v) is 12.7. The molecule has 1 aliphatic rings. The van der Waals surface area contributed by atoms with Gasteiger partial charge < -0.3 is 9.47 Å². The molecule has 0 heterocycles. The Morgan fingerprint density at radius 2 is 1.75 bits per heavy atom. The number of esters is 2. The Labute approximate surface area is 120 Å². The minimum Gasteiger partial charge on any atom is -0.465 e. The van der Waals surface area contributed by atoms with Crippen LogP contribution in [0.15, 0.2) is 0 Å². The summed E-state index contributed by atoms with van der Waals surface area (Å²) in [6, 6.07) is 0. The van der Waals surface area contributed by atoms with Crippen LogP contribution >= 0.6 is 0 Å². The van der Waals surface area contributed by atoms with E-state index in [9.17, 15) is 14.4 Å². The third-order valence-corrected chi connectivity index (χ3v) is 4.31. The largest absolute Gasteiger partial charge is 0.465 e. The van der Waals surface area contributed by atoms with E-state index in [2.05, 4.69) is 0 Å². The van der Waals surface area contributed by atoms with E-state index < -0.39 is 23.3 Å². The van der Waals surface area contributed by atoms with Gasteiger partial charge in [-0.3, -0.25) is 14.4 Å². The number of carbonyl (C=O) groups excluding carboxylic acids is 3. The minimum atomic E-state index is -1.03. The van der Waals surface area contributed by atoms with Gasteiger partial charge in [0.2, 0.25) is 0 Å². The van der Waals surface area contributed by atoms with Crippen molar-refractivity contribution in [1.82, 2.24) is 0 Å². The summed E-state index contributed by atoms with van der Waals surface area (Å²) in [6.07, 6.45) is 1.84. The van der Waals surface area contributed by atoms with Crippen molar-refractivity contribution < 1.29 is 23.9 Å². The summed E-state index contributed by atoms with van der Waals surface area (Å²) in [4.78, 5) is 36.3. The molecule has 1 fully saturated rings. The first kappa shape index (κ1) is 16.7. The van der Waals surface area contributed by atoms with E-state index >= 15 is 0 Å². The van der Waals surface area contributed by atoms with Crippen LogP contribution in [0, 0.1) is 17.3 Å². The predicted molar refractivity (Wildman–Crippen MR) is 72.9 cm³/mol. The van der Waals surface area contributed by atoms with Crippen LogP contribution in [0.5, 0.6) is 0 Å². The quantitative estimate of drug-likeness (QED) is 0.571. The lowest BCUT2D eigenvalue weighted by atomic mass is 9.61. The highest BCUT2D eigenvalue weighted by Gasteiger charge is 2.52. The Balaban J connectivity index is 3.10.